The Balaban J connectivity index is 4.10. The monoisotopic (exact) mass is 161 g/mol. The molecule has 0 aromatic rings. The summed E-state index contributed by atoms with van der Waals surface area (Å²) in [6, 6.07) is 0. The highest BCUT2D eigenvalue weighted by atomic mass is 35.5. The van der Waals surface area contributed by atoms with Gasteiger partial charge in [-0.05, 0) is 14.0 Å². The molecule has 60 valence electrons. The van der Waals surface area contributed by atoms with E-state index in [9.17, 15) is 0 Å². The van der Waals surface area contributed by atoms with Crippen LogP contribution in [0.2, 0.25) is 0 Å². The Kier molecular flexibility index (Phi) is 3.99. The quantitative estimate of drug-likeness (QED) is 0.670. The standard InChI is InChI=1S/C8H16ClN/c1-5-7(9)8(2,3)6-10-4/h5,10H,6H2,1-4H3/b7-5+. The van der Waals surface area contributed by atoms with E-state index < -0.39 is 0 Å². The molecule has 0 saturated carbocycles. The molecule has 0 atom stereocenters. The third-order valence-electron chi connectivity index (χ3n) is 1.52. The molecule has 1 nitrogen and oxygen atoms in total. The molecule has 0 amide bonds. The smallest absolute Gasteiger partial charge is 0.0207 e. The molecular formula is C8H16ClN. The number of hydrogen-bond acceptors (Lipinski definition) is 1. The van der Waals surface area contributed by atoms with Crippen LogP contribution in [0.1, 0.15) is 20.8 Å². The van der Waals surface area contributed by atoms with Crippen LogP contribution in [0.4, 0.5) is 0 Å². The lowest BCUT2D eigenvalue weighted by Crippen LogP contribution is -2.26. The fourth-order valence-corrected chi connectivity index (χ4v) is 0.984. The molecule has 1 N–H and O–H groups in total. The largest absolute Gasteiger partial charge is 0.319 e. The van der Waals surface area contributed by atoms with Gasteiger partial charge in [-0.1, -0.05) is 31.5 Å². The van der Waals surface area contributed by atoms with Gasteiger partial charge in [0.15, 0.2) is 0 Å². The third-order valence-corrected chi connectivity index (χ3v) is 2.25. The normalized spacial score (nSPS) is 13.9. The van der Waals surface area contributed by atoms with E-state index in [2.05, 4.69) is 19.2 Å². The lowest BCUT2D eigenvalue weighted by molar-refractivity contribution is 0.443. The topological polar surface area (TPSA) is 12.0 Å². The van der Waals surface area contributed by atoms with E-state index in [1.165, 1.54) is 0 Å². The predicted molar refractivity (Wildman–Crippen MR) is 47.3 cm³/mol. The van der Waals surface area contributed by atoms with Crippen molar-refractivity contribution in [2.45, 2.75) is 20.8 Å². The van der Waals surface area contributed by atoms with Gasteiger partial charge in [0, 0.05) is 17.0 Å². The Morgan fingerprint density at radius 1 is 1.60 bits per heavy atom. The van der Waals surface area contributed by atoms with Gasteiger partial charge in [0.2, 0.25) is 0 Å². The maximum atomic E-state index is 5.96. The number of allylic oxidation sites excluding steroid dienone is 1. The highest BCUT2D eigenvalue weighted by molar-refractivity contribution is 6.30. The summed E-state index contributed by atoms with van der Waals surface area (Å²) in [7, 11) is 1.93. The second-order valence-corrected chi connectivity index (χ2v) is 3.46. The van der Waals surface area contributed by atoms with E-state index in [1.807, 2.05) is 20.0 Å². The second-order valence-electron chi connectivity index (χ2n) is 3.05. The predicted octanol–water partition coefficient (Wildman–Crippen LogP) is 2.37. The minimum Gasteiger partial charge on any atom is -0.319 e. The Morgan fingerprint density at radius 3 is 2.40 bits per heavy atom. The first-order chi connectivity index (χ1) is 4.54. The maximum absolute atomic E-state index is 5.96. The van der Waals surface area contributed by atoms with E-state index in [1.54, 1.807) is 0 Å². The number of nitrogens with one attached hydrogen (secondary N) is 1. The molecule has 0 saturated heterocycles. The summed E-state index contributed by atoms with van der Waals surface area (Å²) in [5.41, 5.74) is 0.0745. The first kappa shape index (κ1) is 9.99. The van der Waals surface area contributed by atoms with Crippen LogP contribution >= 0.6 is 11.6 Å². The van der Waals surface area contributed by atoms with Gasteiger partial charge in [-0.3, -0.25) is 0 Å². The molecular weight excluding hydrogens is 146 g/mol. The SMILES string of the molecule is C/C=C(/Cl)C(C)(C)CNC. The molecule has 0 rings (SSSR count). The Labute approximate surface area is 68.5 Å². The van der Waals surface area contributed by atoms with Gasteiger partial charge in [-0.2, -0.15) is 0 Å². The van der Waals surface area contributed by atoms with Crippen LogP contribution < -0.4 is 5.32 Å². The zero-order valence-corrected chi connectivity index (χ0v) is 7.92. The zero-order chi connectivity index (χ0) is 8.20. The van der Waals surface area contributed by atoms with E-state index in [0.717, 1.165) is 11.6 Å². The summed E-state index contributed by atoms with van der Waals surface area (Å²) < 4.78 is 0. The first-order valence-corrected chi connectivity index (χ1v) is 3.89. The molecule has 10 heavy (non-hydrogen) atoms. The van der Waals surface area contributed by atoms with Gasteiger partial charge in [0.05, 0.1) is 0 Å². The van der Waals surface area contributed by atoms with Gasteiger partial charge < -0.3 is 5.32 Å². The summed E-state index contributed by atoms with van der Waals surface area (Å²) in [6.07, 6.45) is 1.94. The molecule has 0 bridgehead atoms. The maximum Gasteiger partial charge on any atom is 0.0207 e. The van der Waals surface area contributed by atoms with E-state index in [4.69, 9.17) is 11.6 Å². The van der Waals surface area contributed by atoms with Crippen LogP contribution in [-0.2, 0) is 0 Å². The van der Waals surface area contributed by atoms with Gasteiger partial charge in [-0.25, -0.2) is 0 Å². The zero-order valence-electron chi connectivity index (χ0n) is 7.16. The van der Waals surface area contributed by atoms with Crippen molar-refractivity contribution in [1.82, 2.24) is 5.32 Å². The van der Waals surface area contributed by atoms with Crippen LogP contribution in [0.5, 0.6) is 0 Å². The lowest BCUT2D eigenvalue weighted by atomic mass is 9.93. The lowest BCUT2D eigenvalue weighted by Gasteiger charge is -2.23. The number of halogens is 1. The fraction of sp³-hybridized carbons (Fsp3) is 0.750. The minimum absolute atomic E-state index is 0.0745. The molecule has 2 heteroatoms. The van der Waals surface area contributed by atoms with Crippen molar-refractivity contribution in [3.63, 3.8) is 0 Å². The molecule has 0 aliphatic carbocycles. The molecule has 0 fully saturated rings. The second kappa shape index (κ2) is 3.99. The minimum atomic E-state index is 0.0745. The molecule has 0 spiro atoms. The summed E-state index contributed by atoms with van der Waals surface area (Å²) >= 11 is 5.96. The summed E-state index contributed by atoms with van der Waals surface area (Å²) in [6.45, 7) is 7.10. The van der Waals surface area contributed by atoms with Crippen molar-refractivity contribution in [2.24, 2.45) is 5.41 Å². The van der Waals surface area contributed by atoms with Crippen molar-refractivity contribution in [2.75, 3.05) is 13.6 Å². The van der Waals surface area contributed by atoms with E-state index in [-0.39, 0.29) is 5.41 Å². The Hall–Kier alpha value is -0.0100. The van der Waals surface area contributed by atoms with Crippen LogP contribution in [0, 0.1) is 5.41 Å². The first-order valence-electron chi connectivity index (χ1n) is 3.51. The van der Waals surface area contributed by atoms with E-state index in [0.29, 0.717) is 0 Å². The molecule has 0 heterocycles. The van der Waals surface area contributed by atoms with Gasteiger partial charge in [0.25, 0.3) is 0 Å². The van der Waals surface area contributed by atoms with Crippen molar-refractivity contribution < 1.29 is 0 Å². The summed E-state index contributed by atoms with van der Waals surface area (Å²) in [5.74, 6) is 0. The number of rotatable bonds is 3. The van der Waals surface area contributed by atoms with Crippen LogP contribution in [0.25, 0.3) is 0 Å². The van der Waals surface area contributed by atoms with Gasteiger partial charge in [-0.15, -0.1) is 0 Å². The summed E-state index contributed by atoms with van der Waals surface area (Å²) in [5, 5.41) is 4.02. The van der Waals surface area contributed by atoms with Crippen LogP contribution in [0.3, 0.4) is 0 Å². The van der Waals surface area contributed by atoms with Gasteiger partial charge in [0.1, 0.15) is 0 Å². The fourth-order valence-electron chi connectivity index (χ4n) is 0.917. The van der Waals surface area contributed by atoms with Crippen LogP contribution in [-0.4, -0.2) is 13.6 Å². The van der Waals surface area contributed by atoms with Crippen molar-refractivity contribution >= 4 is 11.6 Å². The van der Waals surface area contributed by atoms with E-state index >= 15 is 0 Å². The highest BCUT2D eigenvalue weighted by Crippen LogP contribution is 2.27. The van der Waals surface area contributed by atoms with Crippen molar-refractivity contribution in [3.8, 4) is 0 Å². The van der Waals surface area contributed by atoms with Crippen molar-refractivity contribution in [1.29, 1.82) is 0 Å². The Morgan fingerprint density at radius 2 is 2.10 bits per heavy atom. The average Bonchev–Trinajstić information content (AvgIpc) is 1.86. The molecule has 0 aliphatic rings. The molecule has 0 aromatic heterocycles. The van der Waals surface area contributed by atoms with Crippen molar-refractivity contribution in [3.05, 3.63) is 11.1 Å². The van der Waals surface area contributed by atoms with Crippen LogP contribution in [0.15, 0.2) is 11.1 Å². The average molecular weight is 162 g/mol. The third kappa shape index (κ3) is 2.72. The molecule has 0 radical (unpaired) electrons. The molecule has 0 aromatic carbocycles. The highest BCUT2D eigenvalue weighted by Gasteiger charge is 2.19. The Bertz CT molecular complexity index is 127. The summed E-state index contributed by atoms with van der Waals surface area (Å²) in [4.78, 5) is 0. The molecule has 0 aliphatic heterocycles. The molecule has 0 unspecified atom stereocenters. The number of hydrogen-bond donors (Lipinski definition) is 1. The van der Waals surface area contributed by atoms with Gasteiger partial charge >= 0.3 is 0 Å².